The Bertz CT molecular complexity index is 486. The number of carbonyl (C=O) groups is 1. The minimum Gasteiger partial charge on any atom is -0.377 e. The summed E-state index contributed by atoms with van der Waals surface area (Å²) in [7, 11) is 0. The second-order valence-electron chi connectivity index (χ2n) is 5.50. The van der Waals surface area contributed by atoms with E-state index in [0.29, 0.717) is 30.7 Å². The fourth-order valence-electron chi connectivity index (χ4n) is 2.74. The van der Waals surface area contributed by atoms with Gasteiger partial charge in [-0.3, -0.25) is 4.79 Å². The summed E-state index contributed by atoms with van der Waals surface area (Å²) in [5.74, 6) is 0.602. The van der Waals surface area contributed by atoms with Crippen LogP contribution in [0.15, 0.2) is 0 Å². The van der Waals surface area contributed by atoms with Crippen molar-refractivity contribution in [2.75, 3.05) is 19.8 Å². The molecule has 1 unspecified atom stereocenters. The molecule has 104 valence electrons. The Hall–Kier alpha value is -1.01. The van der Waals surface area contributed by atoms with Crippen molar-refractivity contribution in [3.63, 3.8) is 0 Å². The molecule has 1 aliphatic heterocycles. The molecule has 0 aromatic carbocycles. The van der Waals surface area contributed by atoms with Crippen molar-refractivity contribution in [2.45, 2.75) is 38.6 Å². The van der Waals surface area contributed by atoms with E-state index < -0.39 is 0 Å². The average molecular weight is 281 g/mol. The van der Waals surface area contributed by atoms with Gasteiger partial charge in [-0.2, -0.15) is 0 Å². The van der Waals surface area contributed by atoms with E-state index in [9.17, 15) is 4.79 Å². The average Bonchev–Trinajstić information content (AvgIpc) is 3.17. The largest absolute Gasteiger partial charge is 0.377 e. The number of morpholine rings is 1. The molecule has 0 radical (unpaired) electrons. The Labute approximate surface area is 117 Å². The molecule has 2 fully saturated rings. The van der Waals surface area contributed by atoms with Crippen molar-refractivity contribution < 1.29 is 9.53 Å². The molecule has 1 saturated carbocycles. The van der Waals surface area contributed by atoms with Crippen LogP contribution >= 0.6 is 11.3 Å². The quantitative estimate of drug-likeness (QED) is 0.847. The highest BCUT2D eigenvalue weighted by Crippen LogP contribution is 2.44. The normalized spacial score (nSPS) is 27.6. The summed E-state index contributed by atoms with van der Waals surface area (Å²) in [5, 5.41) is 9.53. The van der Waals surface area contributed by atoms with E-state index >= 15 is 0 Å². The molecule has 1 aromatic heterocycles. The molecule has 1 saturated heterocycles. The van der Waals surface area contributed by atoms with Gasteiger partial charge >= 0.3 is 0 Å². The van der Waals surface area contributed by atoms with Gasteiger partial charge in [-0.1, -0.05) is 18.3 Å². The molecule has 0 bridgehead atoms. The molecule has 0 spiro atoms. The van der Waals surface area contributed by atoms with Gasteiger partial charge in [0.1, 0.15) is 5.01 Å². The molecule has 1 amide bonds. The number of ether oxygens (including phenoxy) is 1. The summed E-state index contributed by atoms with van der Waals surface area (Å²) in [6.45, 7) is 6.09. The molecule has 0 N–H and O–H groups in total. The number of hydrogen-bond donors (Lipinski definition) is 0. The Morgan fingerprint density at radius 1 is 1.53 bits per heavy atom. The minimum atomic E-state index is -0.159. The number of nitrogens with zero attached hydrogens (tertiary/aromatic N) is 3. The lowest BCUT2D eigenvalue weighted by Crippen LogP contribution is -2.58. The molecule has 1 aliphatic carbocycles. The summed E-state index contributed by atoms with van der Waals surface area (Å²) >= 11 is 1.41. The van der Waals surface area contributed by atoms with Crippen LogP contribution < -0.4 is 0 Å². The van der Waals surface area contributed by atoms with Gasteiger partial charge in [-0.15, -0.1) is 10.2 Å². The third-order valence-electron chi connectivity index (χ3n) is 4.12. The highest BCUT2D eigenvalue weighted by molar-refractivity contribution is 7.13. The van der Waals surface area contributed by atoms with Gasteiger partial charge < -0.3 is 9.64 Å². The molecule has 1 aromatic rings. The van der Waals surface area contributed by atoms with Crippen LogP contribution in [0.5, 0.6) is 0 Å². The summed E-state index contributed by atoms with van der Waals surface area (Å²) in [4.78, 5) is 14.6. The maximum atomic E-state index is 12.7. The molecule has 5 nitrogen and oxygen atoms in total. The van der Waals surface area contributed by atoms with Gasteiger partial charge in [0.15, 0.2) is 0 Å². The van der Waals surface area contributed by atoms with Crippen LogP contribution in [0.4, 0.5) is 0 Å². The minimum absolute atomic E-state index is 0.0231. The maximum absolute atomic E-state index is 12.7. The van der Waals surface area contributed by atoms with E-state index in [1.54, 1.807) is 0 Å². The first-order chi connectivity index (χ1) is 9.15. The van der Waals surface area contributed by atoms with Gasteiger partial charge in [0.2, 0.25) is 5.01 Å². The number of aromatic nitrogens is 2. The predicted octanol–water partition coefficient (Wildman–Crippen LogP) is 1.74. The predicted molar refractivity (Wildman–Crippen MR) is 72.3 cm³/mol. The fraction of sp³-hybridized carbons (Fsp3) is 0.769. The number of aryl methyl sites for hydroxylation is 1. The first kappa shape index (κ1) is 13.0. The molecule has 2 heterocycles. The first-order valence-electron chi connectivity index (χ1n) is 6.87. The molecule has 19 heavy (non-hydrogen) atoms. The van der Waals surface area contributed by atoms with Crippen molar-refractivity contribution in [1.29, 1.82) is 0 Å². The van der Waals surface area contributed by atoms with E-state index in [4.69, 9.17) is 4.74 Å². The SMILES string of the molecule is CCc1nnc(C(=O)N2CCOCC2(C)C2CC2)s1. The fourth-order valence-corrected chi connectivity index (χ4v) is 3.47. The first-order valence-corrected chi connectivity index (χ1v) is 7.69. The Kier molecular flexibility index (Phi) is 3.30. The molecule has 3 rings (SSSR count). The third kappa shape index (κ3) is 2.27. The zero-order valence-corrected chi connectivity index (χ0v) is 12.2. The van der Waals surface area contributed by atoms with E-state index in [1.807, 2.05) is 11.8 Å². The standard InChI is InChI=1S/C13H19N3O2S/c1-3-10-14-15-11(19-10)12(17)16-6-7-18-8-13(16,2)9-4-5-9/h9H,3-8H2,1-2H3. The highest BCUT2D eigenvalue weighted by atomic mass is 32.1. The van der Waals surface area contributed by atoms with Crippen LogP contribution in [0.1, 0.15) is 41.5 Å². The second-order valence-corrected chi connectivity index (χ2v) is 6.56. The summed E-state index contributed by atoms with van der Waals surface area (Å²) in [6, 6.07) is 0. The van der Waals surface area contributed by atoms with Gasteiger partial charge in [0.25, 0.3) is 5.91 Å². The van der Waals surface area contributed by atoms with Gasteiger partial charge in [0, 0.05) is 6.54 Å². The lowest BCUT2D eigenvalue weighted by Gasteiger charge is -2.44. The Balaban J connectivity index is 1.84. The van der Waals surface area contributed by atoms with Crippen molar-refractivity contribution in [3.8, 4) is 0 Å². The topological polar surface area (TPSA) is 55.3 Å². The van der Waals surface area contributed by atoms with Crippen LogP contribution in [0, 0.1) is 5.92 Å². The van der Waals surface area contributed by atoms with Crippen LogP contribution in [-0.2, 0) is 11.2 Å². The zero-order valence-electron chi connectivity index (χ0n) is 11.4. The molecule has 1 atom stereocenters. The summed E-state index contributed by atoms with van der Waals surface area (Å²) in [5.41, 5.74) is -0.159. The van der Waals surface area contributed by atoms with E-state index in [2.05, 4.69) is 17.1 Å². The van der Waals surface area contributed by atoms with E-state index in [0.717, 1.165) is 11.4 Å². The van der Waals surface area contributed by atoms with Crippen molar-refractivity contribution in [3.05, 3.63) is 10.0 Å². The van der Waals surface area contributed by atoms with E-state index in [-0.39, 0.29) is 11.4 Å². The van der Waals surface area contributed by atoms with E-state index in [1.165, 1.54) is 24.2 Å². The highest BCUT2D eigenvalue weighted by Gasteiger charge is 2.49. The smallest absolute Gasteiger partial charge is 0.285 e. The van der Waals surface area contributed by atoms with Crippen molar-refractivity contribution in [2.24, 2.45) is 5.92 Å². The number of rotatable bonds is 3. The number of amides is 1. The lowest BCUT2D eigenvalue weighted by molar-refractivity contribution is -0.0547. The molecular weight excluding hydrogens is 262 g/mol. The van der Waals surface area contributed by atoms with Crippen LogP contribution in [0.2, 0.25) is 0 Å². The third-order valence-corrected chi connectivity index (χ3v) is 5.18. The van der Waals surface area contributed by atoms with Crippen molar-refractivity contribution >= 4 is 17.2 Å². The number of carbonyl (C=O) groups excluding carboxylic acids is 1. The summed E-state index contributed by atoms with van der Waals surface area (Å²) in [6.07, 6.45) is 3.22. The monoisotopic (exact) mass is 281 g/mol. The zero-order chi connectivity index (χ0) is 13.5. The lowest BCUT2D eigenvalue weighted by atomic mass is 9.93. The van der Waals surface area contributed by atoms with Gasteiger partial charge in [-0.25, -0.2) is 0 Å². The summed E-state index contributed by atoms with van der Waals surface area (Å²) < 4.78 is 5.60. The second kappa shape index (κ2) is 4.83. The Morgan fingerprint density at radius 3 is 2.95 bits per heavy atom. The maximum Gasteiger partial charge on any atom is 0.285 e. The van der Waals surface area contributed by atoms with Crippen LogP contribution in [0.3, 0.4) is 0 Å². The molecular formula is C13H19N3O2S. The van der Waals surface area contributed by atoms with Gasteiger partial charge in [0.05, 0.1) is 18.8 Å². The van der Waals surface area contributed by atoms with Gasteiger partial charge in [-0.05, 0) is 32.1 Å². The molecule has 2 aliphatic rings. The van der Waals surface area contributed by atoms with Crippen LogP contribution in [-0.4, -0.2) is 46.3 Å². The Morgan fingerprint density at radius 2 is 2.32 bits per heavy atom. The van der Waals surface area contributed by atoms with Crippen molar-refractivity contribution in [1.82, 2.24) is 15.1 Å². The molecule has 6 heteroatoms. The number of hydrogen-bond acceptors (Lipinski definition) is 5. The van der Waals surface area contributed by atoms with Crippen LogP contribution in [0.25, 0.3) is 0 Å².